The van der Waals surface area contributed by atoms with Crippen molar-refractivity contribution >= 4 is 29.4 Å². The molecule has 0 bridgehead atoms. The lowest BCUT2D eigenvalue weighted by Crippen LogP contribution is -2.54. The van der Waals surface area contributed by atoms with Crippen molar-refractivity contribution in [3.63, 3.8) is 0 Å². The number of amides is 3. The first kappa shape index (κ1) is 21.7. The van der Waals surface area contributed by atoms with E-state index in [1.165, 1.54) is 34.1 Å². The minimum atomic E-state index is -1.05. The molecule has 2 aliphatic heterocycles. The Hall–Kier alpha value is -2.97. The molecule has 0 spiro atoms. The summed E-state index contributed by atoms with van der Waals surface area (Å²) < 4.78 is 13.1. The average molecular weight is 419 g/mol. The molecule has 3 rings (SSSR count). The zero-order valence-corrected chi connectivity index (χ0v) is 17.0. The fraction of sp³-hybridized carbons (Fsp3) is 0.524. The Bertz CT molecular complexity index is 842. The van der Waals surface area contributed by atoms with E-state index in [2.05, 4.69) is 5.32 Å². The maximum absolute atomic E-state index is 13.1. The summed E-state index contributed by atoms with van der Waals surface area (Å²) in [5.74, 6) is -3.45. The molecule has 30 heavy (non-hydrogen) atoms. The van der Waals surface area contributed by atoms with E-state index in [0.717, 1.165) is 0 Å². The molecule has 0 radical (unpaired) electrons. The molecule has 8 nitrogen and oxygen atoms in total. The van der Waals surface area contributed by atoms with Crippen LogP contribution in [0.3, 0.4) is 0 Å². The normalized spacial score (nSPS) is 22.5. The van der Waals surface area contributed by atoms with Gasteiger partial charge in [-0.25, -0.2) is 9.18 Å². The van der Waals surface area contributed by atoms with Gasteiger partial charge in [-0.15, -0.1) is 0 Å². The van der Waals surface area contributed by atoms with Gasteiger partial charge in [0.15, 0.2) is 0 Å². The molecule has 1 aromatic rings. The number of nitrogens with one attached hydrogen (secondary N) is 1. The molecule has 2 fully saturated rings. The smallest absolute Gasteiger partial charge is 0.326 e. The van der Waals surface area contributed by atoms with E-state index in [-0.39, 0.29) is 24.8 Å². The maximum atomic E-state index is 13.1. The Morgan fingerprint density at radius 2 is 1.87 bits per heavy atom. The monoisotopic (exact) mass is 419 g/mol. The van der Waals surface area contributed by atoms with Gasteiger partial charge in [0.1, 0.15) is 17.9 Å². The number of benzene rings is 1. The van der Waals surface area contributed by atoms with Crippen LogP contribution in [-0.2, 0) is 19.2 Å². The molecule has 0 aliphatic carbocycles. The zero-order chi connectivity index (χ0) is 22.0. The summed E-state index contributed by atoms with van der Waals surface area (Å²) in [5, 5.41) is 12.1. The predicted octanol–water partition coefficient (Wildman–Crippen LogP) is 1.39. The predicted molar refractivity (Wildman–Crippen MR) is 106 cm³/mol. The molecular weight excluding hydrogens is 393 g/mol. The molecule has 2 saturated heterocycles. The minimum Gasteiger partial charge on any atom is -0.480 e. The molecule has 2 aliphatic rings. The van der Waals surface area contributed by atoms with E-state index in [4.69, 9.17) is 0 Å². The summed E-state index contributed by atoms with van der Waals surface area (Å²) in [6.45, 7) is 4.03. The minimum absolute atomic E-state index is 0.0102. The van der Waals surface area contributed by atoms with Gasteiger partial charge in [-0.3, -0.25) is 14.4 Å². The third-order valence-corrected chi connectivity index (χ3v) is 5.69. The second-order valence-corrected chi connectivity index (χ2v) is 8.14. The summed E-state index contributed by atoms with van der Waals surface area (Å²) in [6.07, 6.45) is 0.985. The third kappa shape index (κ3) is 4.44. The topological polar surface area (TPSA) is 107 Å². The Labute approximate surface area is 174 Å². The average Bonchev–Trinajstić information content (AvgIpc) is 3.33. The molecule has 3 amide bonds. The van der Waals surface area contributed by atoms with E-state index >= 15 is 0 Å². The lowest BCUT2D eigenvalue weighted by Gasteiger charge is -2.30. The number of halogens is 1. The van der Waals surface area contributed by atoms with E-state index in [9.17, 15) is 28.7 Å². The molecule has 3 atom stereocenters. The fourth-order valence-electron chi connectivity index (χ4n) is 4.00. The summed E-state index contributed by atoms with van der Waals surface area (Å²) in [5.41, 5.74) is 0.509. The molecule has 2 N–H and O–H groups in total. The van der Waals surface area contributed by atoms with Crippen LogP contribution in [0.2, 0.25) is 0 Å². The van der Waals surface area contributed by atoms with Crippen LogP contribution in [-0.4, -0.2) is 58.9 Å². The van der Waals surface area contributed by atoms with E-state index < -0.39 is 41.6 Å². The van der Waals surface area contributed by atoms with E-state index in [1.54, 1.807) is 13.8 Å². The largest absolute Gasteiger partial charge is 0.480 e. The van der Waals surface area contributed by atoms with Crippen molar-refractivity contribution < 1.29 is 28.7 Å². The first-order valence-electron chi connectivity index (χ1n) is 10.1. The van der Waals surface area contributed by atoms with Crippen molar-refractivity contribution in [3.8, 4) is 0 Å². The Morgan fingerprint density at radius 3 is 2.47 bits per heavy atom. The number of anilines is 1. The van der Waals surface area contributed by atoms with Gasteiger partial charge in [-0.2, -0.15) is 0 Å². The quantitative estimate of drug-likeness (QED) is 0.725. The van der Waals surface area contributed by atoms with Crippen LogP contribution in [0.15, 0.2) is 24.3 Å². The number of likely N-dealkylation sites (tertiary alicyclic amines) is 1. The van der Waals surface area contributed by atoms with Crippen LogP contribution < -0.4 is 10.2 Å². The van der Waals surface area contributed by atoms with Gasteiger partial charge in [0, 0.05) is 25.2 Å². The standard InChI is InChI=1S/C21H26FN3O5/c1-12(2)18(20(28)24-9-3-4-16(24)21(29)30)23-19(27)13-10-17(26)25(11-13)15-7-5-14(22)6-8-15/h5-8,12-13,16,18H,3-4,9-11H2,1-2H3,(H,23,27)(H,29,30)/t13-,16+,18+/m1/s1. The highest BCUT2D eigenvalue weighted by molar-refractivity contribution is 6.01. The zero-order valence-electron chi connectivity index (χ0n) is 17.0. The number of aliphatic carboxylic acids is 1. The van der Waals surface area contributed by atoms with Crippen LogP contribution >= 0.6 is 0 Å². The van der Waals surface area contributed by atoms with Gasteiger partial charge in [0.25, 0.3) is 0 Å². The van der Waals surface area contributed by atoms with Crippen molar-refractivity contribution in [1.29, 1.82) is 0 Å². The number of carbonyl (C=O) groups excluding carboxylic acids is 3. The van der Waals surface area contributed by atoms with Crippen molar-refractivity contribution in [2.45, 2.75) is 45.2 Å². The van der Waals surface area contributed by atoms with E-state index in [0.29, 0.717) is 25.1 Å². The Balaban J connectivity index is 1.68. The van der Waals surface area contributed by atoms with Crippen molar-refractivity contribution in [1.82, 2.24) is 10.2 Å². The molecular formula is C21H26FN3O5. The maximum Gasteiger partial charge on any atom is 0.326 e. The first-order chi connectivity index (χ1) is 14.2. The SMILES string of the molecule is CC(C)[C@H](NC(=O)[C@@H]1CC(=O)N(c2ccc(F)cc2)C1)C(=O)N1CCC[C@H]1C(=O)O. The van der Waals surface area contributed by atoms with Gasteiger partial charge in [-0.1, -0.05) is 13.8 Å². The molecule has 9 heteroatoms. The Kier molecular flexibility index (Phi) is 6.38. The van der Waals surface area contributed by atoms with E-state index in [1.807, 2.05) is 0 Å². The number of hydrogen-bond acceptors (Lipinski definition) is 4. The highest BCUT2D eigenvalue weighted by atomic mass is 19.1. The summed E-state index contributed by atoms with van der Waals surface area (Å²) in [7, 11) is 0. The van der Waals surface area contributed by atoms with Crippen LogP contribution in [0.25, 0.3) is 0 Å². The number of rotatable bonds is 6. The van der Waals surface area contributed by atoms with Crippen LogP contribution in [0.5, 0.6) is 0 Å². The molecule has 162 valence electrons. The van der Waals surface area contributed by atoms with Gasteiger partial charge in [0.05, 0.1) is 5.92 Å². The highest BCUT2D eigenvalue weighted by Crippen LogP contribution is 2.26. The second-order valence-electron chi connectivity index (χ2n) is 8.14. The molecule has 0 saturated carbocycles. The third-order valence-electron chi connectivity index (χ3n) is 5.69. The number of carbonyl (C=O) groups is 4. The Morgan fingerprint density at radius 1 is 1.20 bits per heavy atom. The van der Waals surface area contributed by atoms with Gasteiger partial charge < -0.3 is 20.2 Å². The summed E-state index contributed by atoms with van der Waals surface area (Å²) in [6, 6.07) is 3.71. The number of carboxylic acids is 1. The highest BCUT2D eigenvalue weighted by Gasteiger charge is 2.41. The fourth-order valence-corrected chi connectivity index (χ4v) is 4.00. The number of carboxylic acid groups (broad SMARTS) is 1. The summed E-state index contributed by atoms with van der Waals surface area (Å²) >= 11 is 0. The van der Waals surface area contributed by atoms with Gasteiger partial charge in [0.2, 0.25) is 17.7 Å². The summed E-state index contributed by atoms with van der Waals surface area (Å²) in [4.78, 5) is 52.3. The van der Waals surface area contributed by atoms with Crippen LogP contribution in [0.4, 0.5) is 10.1 Å². The molecule has 0 aromatic heterocycles. The second kappa shape index (κ2) is 8.81. The van der Waals surface area contributed by atoms with Crippen molar-refractivity contribution in [3.05, 3.63) is 30.1 Å². The number of nitrogens with zero attached hydrogens (tertiary/aromatic N) is 2. The molecule has 0 unspecified atom stereocenters. The molecule has 2 heterocycles. The molecule has 1 aromatic carbocycles. The lowest BCUT2D eigenvalue weighted by molar-refractivity contribution is -0.150. The van der Waals surface area contributed by atoms with Crippen LogP contribution in [0, 0.1) is 17.7 Å². The first-order valence-corrected chi connectivity index (χ1v) is 10.1. The van der Waals surface area contributed by atoms with Gasteiger partial charge in [-0.05, 0) is 43.0 Å². The van der Waals surface area contributed by atoms with Crippen molar-refractivity contribution in [2.75, 3.05) is 18.0 Å². The lowest BCUT2D eigenvalue weighted by atomic mass is 10.00. The van der Waals surface area contributed by atoms with Crippen molar-refractivity contribution in [2.24, 2.45) is 11.8 Å². The van der Waals surface area contributed by atoms with Crippen LogP contribution in [0.1, 0.15) is 33.1 Å². The van der Waals surface area contributed by atoms with Gasteiger partial charge >= 0.3 is 5.97 Å². The number of hydrogen-bond donors (Lipinski definition) is 2.